The van der Waals surface area contributed by atoms with Gasteiger partial charge in [-0.1, -0.05) is 5.16 Å². The highest BCUT2D eigenvalue weighted by Gasteiger charge is 2.02. The van der Waals surface area contributed by atoms with Crippen LogP contribution in [-0.2, 0) is 4.84 Å². The van der Waals surface area contributed by atoms with Crippen molar-refractivity contribution in [1.82, 2.24) is 0 Å². The predicted molar refractivity (Wildman–Crippen MR) is 52.1 cm³/mol. The Bertz CT molecular complexity index is 332. The van der Waals surface area contributed by atoms with E-state index in [4.69, 9.17) is 0 Å². The fourth-order valence-corrected chi connectivity index (χ4v) is 1.24. The lowest BCUT2D eigenvalue weighted by molar-refractivity contribution is 0.213. The van der Waals surface area contributed by atoms with Crippen molar-refractivity contribution in [3.05, 3.63) is 29.3 Å². The summed E-state index contributed by atoms with van der Waals surface area (Å²) in [6.07, 6.45) is 0. The maximum Gasteiger partial charge on any atom is 0.115 e. The van der Waals surface area contributed by atoms with Crippen LogP contribution in [0, 0.1) is 6.92 Å². The minimum atomic E-state index is 0.270. The van der Waals surface area contributed by atoms with E-state index < -0.39 is 0 Å². The van der Waals surface area contributed by atoms with E-state index in [0.29, 0.717) is 0 Å². The van der Waals surface area contributed by atoms with E-state index in [1.165, 1.54) is 7.11 Å². The van der Waals surface area contributed by atoms with Gasteiger partial charge in [0.15, 0.2) is 0 Å². The van der Waals surface area contributed by atoms with E-state index in [-0.39, 0.29) is 5.75 Å². The molecule has 0 unspecified atom stereocenters. The molecule has 0 aliphatic carbocycles. The molecule has 13 heavy (non-hydrogen) atoms. The number of aromatic hydroxyl groups is 1. The predicted octanol–water partition coefficient (Wildman–Crippen LogP) is 2.07. The molecule has 0 heterocycles. The number of aryl methyl sites for hydroxylation is 1. The zero-order valence-corrected chi connectivity index (χ0v) is 8.03. The van der Waals surface area contributed by atoms with Crippen molar-refractivity contribution in [3.8, 4) is 5.75 Å². The molecule has 0 atom stereocenters. The molecule has 1 aromatic carbocycles. The first-order valence-electron chi connectivity index (χ1n) is 4.03. The number of benzene rings is 1. The minimum Gasteiger partial charge on any atom is -0.508 e. The molecule has 0 saturated carbocycles. The maximum atomic E-state index is 9.18. The Balaban J connectivity index is 3.09. The van der Waals surface area contributed by atoms with Gasteiger partial charge in [-0.25, -0.2) is 0 Å². The highest BCUT2D eigenvalue weighted by Crippen LogP contribution is 2.16. The summed E-state index contributed by atoms with van der Waals surface area (Å²) in [5, 5.41) is 13.0. The fraction of sp³-hybridized carbons (Fsp3) is 0.300. The number of phenols is 1. The van der Waals surface area contributed by atoms with Gasteiger partial charge in [-0.2, -0.15) is 0 Å². The molecule has 0 saturated heterocycles. The number of oxime groups is 1. The van der Waals surface area contributed by atoms with Gasteiger partial charge in [0.1, 0.15) is 12.9 Å². The molecule has 0 fully saturated rings. The summed E-state index contributed by atoms with van der Waals surface area (Å²) in [4.78, 5) is 4.67. The van der Waals surface area contributed by atoms with Crippen molar-refractivity contribution in [2.75, 3.05) is 7.11 Å². The monoisotopic (exact) mass is 179 g/mol. The van der Waals surface area contributed by atoms with E-state index in [2.05, 4.69) is 9.99 Å². The maximum absolute atomic E-state index is 9.18. The zero-order valence-electron chi connectivity index (χ0n) is 8.03. The summed E-state index contributed by atoms with van der Waals surface area (Å²) in [6.45, 7) is 3.78. The first-order valence-corrected chi connectivity index (χ1v) is 4.03. The highest BCUT2D eigenvalue weighted by molar-refractivity contribution is 5.99. The van der Waals surface area contributed by atoms with Gasteiger partial charge >= 0.3 is 0 Å². The molecular formula is C10H13NO2. The van der Waals surface area contributed by atoms with E-state index in [1.54, 1.807) is 12.1 Å². The summed E-state index contributed by atoms with van der Waals surface area (Å²) in [6, 6.07) is 5.16. The molecule has 0 aromatic heterocycles. The van der Waals surface area contributed by atoms with Gasteiger partial charge in [-0.15, -0.1) is 0 Å². The molecule has 0 spiro atoms. The van der Waals surface area contributed by atoms with Gasteiger partial charge in [-0.05, 0) is 37.6 Å². The van der Waals surface area contributed by atoms with Gasteiger partial charge < -0.3 is 9.94 Å². The summed E-state index contributed by atoms with van der Waals surface area (Å²) < 4.78 is 0. The molecule has 1 rings (SSSR count). The van der Waals surface area contributed by atoms with Crippen LogP contribution in [0.1, 0.15) is 18.1 Å². The van der Waals surface area contributed by atoms with Crippen LogP contribution in [0.2, 0.25) is 0 Å². The summed E-state index contributed by atoms with van der Waals surface area (Å²) in [5.74, 6) is 0.270. The Kier molecular flexibility index (Phi) is 2.90. The number of hydrogen-bond donors (Lipinski definition) is 1. The first kappa shape index (κ1) is 9.58. The summed E-state index contributed by atoms with van der Waals surface area (Å²) in [5.41, 5.74) is 2.78. The molecular weight excluding hydrogens is 166 g/mol. The normalized spacial score (nSPS) is 11.5. The standard InChI is InChI=1S/C10H13NO2/c1-7-6-9(12)4-5-10(7)8(2)11-13-3/h4-6,12H,1-3H3/b11-8+. The van der Waals surface area contributed by atoms with Gasteiger partial charge in [0, 0.05) is 5.56 Å². The highest BCUT2D eigenvalue weighted by atomic mass is 16.6. The molecule has 1 aromatic rings. The van der Waals surface area contributed by atoms with Crippen molar-refractivity contribution in [3.63, 3.8) is 0 Å². The third-order valence-corrected chi connectivity index (χ3v) is 1.83. The largest absolute Gasteiger partial charge is 0.508 e. The van der Waals surface area contributed by atoms with Crippen LogP contribution in [0.3, 0.4) is 0 Å². The second-order valence-electron chi connectivity index (χ2n) is 2.86. The molecule has 0 aliphatic rings. The summed E-state index contributed by atoms with van der Waals surface area (Å²) in [7, 11) is 1.51. The molecule has 0 aliphatic heterocycles. The lowest BCUT2D eigenvalue weighted by atomic mass is 10.1. The van der Waals surface area contributed by atoms with E-state index in [9.17, 15) is 5.11 Å². The second kappa shape index (κ2) is 3.94. The Morgan fingerprint density at radius 1 is 1.46 bits per heavy atom. The molecule has 3 heteroatoms. The number of phenolic OH excluding ortho intramolecular Hbond substituents is 1. The minimum absolute atomic E-state index is 0.270. The third-order valence-electron chi connectivity index (χ3n) is 1.83. The smallest absolute Gasteiger partial charge is 0.115 e. The van der Waals surface area contributed by atoms with Crippen molar-refractivity contribution < 1.29 is 9.94 Å². The van der Waals surface area contributed by atoms with Crippen LogP contribution in [0.4, 0.5) is 0 Å². The quantitative estimate of drug-likeness (QED) is 0.557. The van der Waals surface area contributed by atoms with Crippen LogP contribution < -0.4 is 0 Å². The molecule has 70 valence electrons. The van der Waals surface area contributed by atoms with Gasteiger partial charge in [0.2, 0.25) is 0 Å². The summed E-state index contributed by atoms with van der Waals surface area (Å²) >= 11 is 0. The fourth-order valence-electron chi connectivity index (χ4n) is 1.24. The molecule has 0 amide bonds. The van der Waals surface area contributed by atoms with E-state index in [0.717, 1.165) is 16.8 Å². The number of rotatable bonds is 2. The molecule has 0 bridgehead atoms. The molecule has 0 radical (unpaired) electrons. The lowest BCUT2D eigenvalue weighted by Gasteiger charge is -2.04. The van der Waals surface area contributed by atoms with E-state index in [1.807, 2.05) is 19.9 Å². The Labute approximate surface area is 77.6 Å². The van der Waals surface area contributed by atoms with Crippen molar-refractivity contribution in [2.24, 2.45) is 5.16 Å². The first-order chi connectivity index (χ1) is 6.15. The second-order valence-corrected chi connectivity index (χ2v) is 2.86. The molecule has 3 nitrogen and oxygen atoms in total. The van der Waals surface area contributed by atoms with Crippen molar-refractivity contribution in [1.29, 1.82) is 0 Å². The van der Waals surface area contributed by atoms with Crippen LogP contribution in [0.5, 0.6) is 5.75 Å². The lowest BCUT2D eigenvalue weighted by Crippen LogP contribution is -1.98. The topological polar surface area (TPSA) is 41.8 Å². The molecule has 1 N–H and O–H groups in total. The van der Waals surface area contributed by atoms with Gasteiger partial charge in [0.25, 0.3) is 0 Å². The number of hydrogen-bond acceptors (Lipinski definition) is 3. The average molecular weight is 179 g/mol. The van der Waals surface area contributed by atoms with E-state index >= 15 is 0 Å². The van der Waals surface area contributed by atoms with Crippen molar-refractivity contribution in [2.45, 2.75) is 13.8 Å². The Morgan fingerprint density at radius 2 is 2.15 bits per heavy atom. The van der Waals surface area contributed by atoms with Gasteiger partial charge in [0.05, 0.1) is 5.71 Å². The zero-order chi connectivity index (χ0) is 9.84. The Morgan fingerprint density at radius 3 is 2.69 bits per heavy atom. The van der Waals surface area contributed by atoms with Gasteiger partial charge in [-0.3, -0.25) is 0 Å². The van der Waals surface area contributed by atoms with Crippen LogP contribution in [-0.4, -0.2) is 17.9 Å². The van der Waals surface area contributed by atoms with Crippen LogP contribution in [0.25, 0.3) is 0 Å². The SMILES string of the molecule is CO/N=C(\C)c1ccc(O)cc1C. The average Bonchev–Trinajstić information content (AvgIpc) is 2.04. The number of nitrogens with zero attached hydrogens (tertiary/aromatic N) is 1. The van der Waals surface area contributed by atoms with Crippen LogP contribution in [0.15, 0.2) is 23.4 Å². The third kappa shape index (κ3) is 2.21. The van der Waals surface area contributed by atoms with Crippen LogP contribution >= 0.6 is 0 Å². The Hall–Kier alpha value is -1.51. The van der Waals surface area contributed by atoms with Crippen molar-refractivity contribution >= 4 is 5.71 Å².